The highest BCUT2D eigenvalue weighted by Gasteiger charge is 2.20. The van der Waals surface area contributed by atoms with Crippen molar-refractivity contribution in [2.75, 3.05) is 30.9 Å². The van der Waals surface area contributed by atoms with Crippen LogP contribution in [0.1, 0.15) is 17.3 Å². The molecule has 0 fully saturated rings. The second-order valence-corrected chi connectivity index (χ2v) is 8.85. The fraction of sp³-hybridized carbons (Fsp3) is 0.174. The smallest absolute Gasteiger partial charge is 0.262 e. The van der Waals surface area contributed by atoms with Gasteiger partial charge in [0.05, 0.1) is 37.1 Å². The molecular weight excluding hydrogens is 468 g/mol. The summed E-state index contributed by atoms with van der Waals surface area (Å²) in [6, 6.07) is 15.3. The number of nitrogens with one attached hydrogen (secondary N) is 2. The molecular formula is C23H23ClN2O6S. The van der Waals surface area contributed by atoms with E-state index in [1.54, 1.807) is 37.3 Å². The van der Waals surface area contributed by atoms with Crippen LogP contribution in [0.15, 0.2) is 65.6 Å². The van der Waals surface area contributed by atoms with Gasteiger partial charge in [-0.05, 0) is 55.5 Å². The van der Waals surface area contributed by atoms with E-state index in [2.05, 4.69) is 10.0 Å². The number of ether oxygens (including phenoxy) is 3. The minimum atomic E-state index is -4.05. The molecule has 0 radical (unpaired) electrons. The summed E-state index contributed by atoms with van der Waals surface area (Å²) in [5.74, 6) is 0.635. The number of benzene rings is 3. The van der Waals surface area contributed by atoms with Gasteiger partial charge in [-0.3, -0.25) is 9.52 Å². The van der Waals surface area contributed by atoms with Gasteiger partial charge in [0.1, 0.15) is 17.2 Å². The van der Waals surface area contributed by atoms with E-state index < -0.39 is 15.9 Å². The molecule has 0 aliphatic carbocycles. The number of halogens is 1. The Morgan fingerprint density at radius 2 is 1.70 bits per heavy atom. The van der Waals surface area contributed by atoms with E-state index in [1.807, 2.05) is 0 Å². The number of hydrogen-bond donors (Lipinski definition) is 2. The van der Waals surface area contributed by atoms with E-state index in [1.165, 1.54) is 44.6 Å². The van der Waals surface area contributed by atoms with E-state index in [4.69, 9.17) is 25.8 Å². The molecule has 1 amide bonds. The van der Waals surface area contributed by atoms with Gasteiger partial charge in [-0.1, -0.05) is 17.7 Å². The first-order valence-electron chi connectivity index (χ1n) is 9.86. The zero-order valence-corrected chi connectivity index (χ0v) is 19.8. The van der Waals surface area contributed by atoms with E-state index >= 15 is 0 Å². The summed E-state index contributed by atoms with van der Waals surface area (Å²) in [5, 5.41) is 3.10. The molecule has 3 aromatic rings. The van der Waals surface area contributed by atoms with Crippen LogP contribution < -0.4 is 24.2 Å². The number of methoxy groups -OCH3 is 2. The Kier molecular flexibility index (Phi) is 7.67. The fourth-order valence-corrected chi connectivity index (χ4v) is 4.25. The van der Waals surface area contributed by atoms with Gasteiger partial charge < -0.3 is 19.5 Å². The lowest BCUT2D eigenvalue weighted by Crippen LogP contribution is -2.16. The first-order valence-corrected chi connectivity index (χ1v) is 11.7. The number of rotatable bonds is 9. The van der Waals surface area contributed by atoms with Crippen molar-refractivity contribution in [3.05, 3.63) is 71.2 Å². The maximum absolute atomic E-state index is 13.1. The van der Waals surface area contributed by atoms with E-state index in [0.29, 0.717) is 34.4 Å². The fourth-order valence-electron chi connectivity index (χ4n) is 2.98. The van der Waals surface area contributed by atoms with E-state index in [-0.39, 0.29) is 16.3 Å². The highest BCUT2D eigenvalue weighted by atomic mass is 35.5. The van der Waals surface area contributed by atoms with Crippen molar-refractivity contribution in [2.45, 2.75) is 11.8 Å². The summed E-state index contributed by atoms with van der Waals surface area (Å²) < 4.78 is 44.7. The highest BCUT2D eigenvalue weighted by Crippen LogP contribution is 2.33. The van der Waals surface area contributed by atoms with Crippen molar-refractivity contribution in [3.63, 3.8) is 0 Å². The minimum absolute atomic E-state index is 0.0859. The number of sulfonamides is 1. The van der Waals surface area contributed by atoms with Crippen molar-refractivity contribution in [1.82, 2.24) is 0 Å². The zero-order chi connectivity index (χ0) is 24.0. The highest BCUT2D eigenvalue weighted by molar-refractivity contribution is 7.92. The Hall–Kier alpha value is -3.43. The second-order valence-electron chi connectivity index (χ2n) is 6.73. The lowest BCUT2D eigenvalue weighted by Gasteiger charge is -2.16. The van der Waals surface area contributed by atoms with Crippen molar-refractivity contribution < 1.29 is 27.4 Å². The molecule has 0 atom stereocenters. The molecule has 0 spiro atoms. The number of carbonyl (C=O) groups is 1. The number of carbonyl (C=O) groups excluding carboxylic acids is 1. The summed E-state index contributed by atoms with van der Waals surface area (Å²) in [5.41, 5.74) is 0.718. The standard InChI is InChI=1S/C23H23ClN2O6S/c1-4-32-22-11-9-18(14-19(22)25-23(27)15-6-5-7-16(24)12-15)33(28,29)26-20-13-17(30-2)8-10-21(20)31-3/h5-14,26H,4H2,1-3H3,(H,25,27). The van der Waals surface area contributed by atoms with Gasteiger partial charge in [0.2, 0.25) is 0 Å². The van der Waals surface area contributed by atoms with Crippen molar-refractivity contribution in [2.24, 2.45) is 0 Å². The number of anilines is 2. The van der Waals surface area contributed by atoms with Gasteiger partial charge in [-0.25, -0.2) is 8.42 Å². The van der Waals surface area contributed by atoms with Crippen molar-refractivity contribution >= 4 is 38.9 Å². The molecule has 3 aromatic carbocycles. The molecule has 0 aliphatic rings. The minimum Gasteiger partial charge on any atom is -0.497 e. The van der Waals surface area contributed by atoms with Gasteiger partial charge in [0.25, 0.3) is 15.9 Å². The van der Waals surface area contributed by atoms with Crippen LogP contribution in [0, 0.1) is 0 Å². The summed E-state index contributed by atoms with van der Waals surface area (Å²) in [6.45, 7) is 2.11. The molecule has 0 aromatic heterocycles. The summed E-state index contributed by atoms with van der Waals surface area (Å²) in [4.78, 5) is 12.6. The number of amides is 1. The Morgan fingerprint density at radius 3 is 2.36 bits per heavy atom. The Labute approximate surface area is 197 Å². The summed E-state index contributed by atoms with van der Waals surface area (Å²) in [7, 11) is -1.14. The Balaban J connectivity index is 1.96. The predicted molar refractivity (Wildman–Crippen MR) is 127 cm³/mol. The molecule has 0 unspecified atom stereocenters. The van der Waals surface area contributed by atoms with Gasteiger partial charge in [-0.15, -0.1) is 0 Å². The van der Waals surface area contributed by atoms with Crippen molar-refractivity contribution in [1.29, 1.82) is 0 Å². The quantitative estimate of drug-likeness (QED) is 0.446. The van der Waals surface area contributed by atoms with Crippen LogP contribution in [0.2, 0.25) is 5.02 Å². The largest absolute Gasteiger partial charge is 0.497 e. The van der Waals surface area contributed by atoms with Crippen LogP contribution in [0.5, 0.6) is 17.2 Å². The first kappa shape index (κ1) is 24.2. The molecule has 0 heterocycles. The maximum atomic E-state index is 13.1. The van der Waals surface area contributed by atoms with E-state index in [9.17, 15) is 13.2 Å². The SMILES string of the molecule is CCOc1ccc(S(=O)(=O)Nc2cc(OC)ccc2OC)cc1NC(=O)c1cccc(Cl)c1. The zero-order valence-electron chi connectivity index (χ0n) is 18.2. The molecule has 8 nitrogen and oxygen atoms in total. The maximum Gasteiger partial charge on any atom is 0.262 e. The monoisotopic (exact) mass is 490 g/mol. The molecule has 3 rings (SSSR count). The average molecular weight is 491 g/mol. The predicted octanol–water partition coefficient (Wildman–Crippen LogP) is 4.81. The van der Waals surface area contributed by atoms with Gasteiger partial charge in [-0.2, -0.15) is 0 Å². The molecule has 10 heteroatoms. The Bertz CT molecular complexity index is 1260. The van der Waals surface area contributed by atoms with Crippen LogP contribution >= 0.6 is 11.6 Å². The summed E-state index contributed by atoms with van der Waals surface area (Å²) in [6.07, 6.45) is 0. The van der Waals surface area contributed by atoms with Crippen molar-refractivity contribution in [3.8, 4) is 17.2 Å². The molecule has 0 saturated carbocycles. The third-order valence-electron chi connectivity index (χ3n) is 4.55. The topological polar surface area (TPSA) is 103 Å². The van der Waals surface area contributed by atoms with Gasteiger partial charge in [0, 0.05) is 16.7 Å². The van der Waals surface area contributed by atoms with Crippen LogP contribution in [-0.4, -0.2) is 35.2 Å². The second kappa shape index (κ2) is 10.5. The molecule has 0 bridgehead atoms. The van der Waals surface area contributed by atoms with Crippen LogP contribution in [0.25, 0.3) is 0 Å². The van der Waals surface area contributed by atoms with E-state index in [0.717, 1.165) is 0 Å². The Morgan fingerprint density at radius 1 is 0.939 bits per heavy atom. The summed E-state index contributed by atoms with van der Waals surface area (Å²) >= 11 is 5.97. The van der Waals surface area contributed by atoms with Crippen LogP contribution in [0.3, 0.4) is 0 Å². The first-order chi connectivity index (χ1) is 15.8. The van der Waals surface area contributed by atoms with Gasteiger partial charge in [0.15, 0.2) is 0 Å². The third-order valence-corrected chi connectivity index (χ3v) is 6.15. The third kappa shape index (κ3) is 5.88. The normalized spacial score (nSPS) is 10.9. The molecule has 0 saturated heterocycles. The van der Waals surface area contributed by atoms with Crippen LogP contribution in [0.4, 0.5) is 11.4 Å². The molecule has 174 valence electrons. The molecule has 0 aliphatic heterocycles. The number of hydrogen-bond acceptors (Lipinski definition) is 6. The van der Waals surface area contributed by atoms with Crippen LogP contribution in [-0.2, 0) is 10.0 Å². The lowest BCUT2D eigenvalue weighted by atomic mass is 10.2. The molecule has 33 heavy (non-hydrogen) atoms. The lowest BCUT2D eigenvalue weighted by molar-refractivity contribution is 0.102. The average Bonchev–Trinajstić information content (AvgIpc) is 2.80. The van der Waals surface area contributed by atoms with Gasteiger partial charge >= 0.3 is 0 Å². The molecule has 2 N–H and O–H groups in total.